The van der Waals surface area contributed by atoms with Gasteiger partial charge in [0.15, 0.2) is 0 Å². The number of hydrogen-bond donors (Lipinski definition) is 0. The molecule has 0 fully saturated rings. The second-order valence-electron chi connectivity index (χ2n) is 8.49. The number of benzene rings is 3. The van der Waals surface area contributed by atoms with Crippen LogP contribution in [-0.2, 0) is 0 Å². The van der Waals surface area contributed by atoms with Crippen molar-refractivity contribution in [3.8, 4) is 5.75 Å². The number of hydrogen-bond acceptors (Lipinski definition) is 3. The van der Waals surface area contributed by atoms with Gasteiger partial charge in [-0.2, -0.15) is 5.10 Å². The Balaban J connectivity index is 1.57. The van der Waals surface area contributed by atoms with Crippen LogP contribution < -0.4 is 4.74 Å². The van der Waals surface area contributed by atoms with Gasteiger partial charge in [-0.05, 0) is 42.2 Å². The van der Waals surface area contributed by atoms with Crippen molar-refractivity contribution in [1.82, 2.24) is 5.01 Å². The highest BCUT2D eigenvalue weighted by Crippen LogP contribution is 2.48. The van der Waals surface area contributed by atoms with E-state index in [0.717, 1.165) is 27.9 Å². The van der Waals surface area contributed by atoms with E-state index < -0.39 is 0 Å². The third-order valence-corrected chi connectivity index (χ3v) is 6.52. The van der Waals surface area contributed by atoms with E-state index in [4.69, 9.17) is 9.84 Å². The van der Waals surface area contributed by atoms with Crippen LogP contribution in [0, 0.1) is 6.92 Å². The van der Waals surface area contributed by atoms with Crippen molar-refractivity contribution in [2.75, 3.05) is 0 Å². The second-order valence-corrected chi connectivity index (χ2v) is 9.40. The molecule has 0 aromatic heterocycles. The highest BCUT2D eigenvalue weighted by Gasteiger charge is 2.41. The smallest absolute Gasteiger partial charge is 0.213 e. The first-order valence-corrected chi connectivity index (χ1v) is 11.3. The molecule has 5 rings (SSSR count). The number of halogens is 1. The maximum absolute atomic E-state index is 6.49. The van der Waals surface area contributed by atoms with E-state index in [9.17, 15) is 0 Å². The van der Waals surface area contributed by atoms with Crippen molar-refractivity contribution in [1.29, 1.82) is 0 Å². The van der Waals surface area contributed by atoms with Crippen molar-refractivity contribution in [2.24, 2.45) is 5.10 Å². The molecule has 30 heavy (non-hydrogen) atoms. The summed E-state index contributed by atoms with van der Waals surface area (Å²) in [5, 5.41) is 7.21. The third-order valence-electron chi connectivity index (χ3n) is 6.02. The van der Waals surface area contributed by atoms with Crippen molar-refractivity contribution >= 4 is 21.6 Å². The summed E-state index contributed by atoms with van der Waals surface area (Å²) in [5.41, 5.74) is 7.20. The summed E-state index contributed by atoms with van der Waals surface area (Å²) < 4.78 is 7.55. The number of fused-ring (bicyclic) bond motifs is 3. The van der Waals surface area contributed by atoms with Crippen LogP contribution in [0.15, 0.2) is 76.3 Å². The molecule has 0 bridgehead atoms. The molecule has 2 atom stereocenters. The van der Waals surface area contributed by atoms with Crippen LogP contribution in [0.25, 0.3) is 0 Å². The van der Waals surface area contributed by atoms with Crippen molar-refractivity contribution in [3.05, 3.63) is 99.0 Å². The summed E-state index contributed by atoms with van der Waals surface area (Å²) in [4.78, 5) is 0. The molecule has 0 spiro atoms. The van der Waals surface area contributed by atoms with Crippen LogP contribution in [0.5, 0.6) is 5.75 Å². The molecule has 3 nitrogen and oxygen atoms in total. The molecule has 0 amide bonds. The lowest BCUT2D eigenvalue weighted by molar-refractivity contribution is -0.0190. The normalized spacial score (nSPS) is 19.9. The molecule has 0 saturated carbocycles. The Labute approximate surface area is 186 Å². The molecule has 2 aliphatic heterocycles. The number of rotatable bonds is 3. The molecule has 0 radical (unpaired) electrons. The summed E-state index contributed by atoms with van der Waals surface area (Å²) in [5.74, 6) is 1.45. The zero-order valence-electron chi connectivity index (χ0n) is 17.5. The minimum atomic E-state index is -0.229. The number of nitrogens with zero attached hydrogens (tertiary/aromatic N) is 2. The monoisotopic (exact) mass is 460 g/mol. The van der Waals surface area contributed by atoms with Gasteiger partial charge in [-0.3, -0.25) is 0 Å². The van der Waals surface area contributed by atoms with E-state index in [1.807, 2.05) is 6.07 Å². The molecule has 0 unspecified atom stereocenters. The van der Waals surface area contributed by atoms with E-state index in [1.165, 1.54) is 22.3 Å². The molecule has 2 aliphatic rings. The SMILES string of the molecule is Cc1ccc(C2=NN3[C@H](C2)c2cc(Br)ccc2O[C@H]3c2ccc(C(C)C)cc2)cc1. The third kappa shape index (κ3) is 3.43. The van der Waals surface area contributed by atoms with E-state index >= 15 is 0 Å². The van der Waals surface area contributed by atoms with Crippen molar-refractivity contribution < 1.29 is 4.74 Å². The summed E-state index contributed by atoms with van der Waals surface area (Å²) in [6.07, 6.45) is 0.643. The van der Waals surface area contributed by atoms with Crippen LogP contribution in [-0.4, -0.2) is 10.7 Å². The molecule has 2 heterocycles. The Morgan fingerprint density at radius 2 is 1.73 bits per heavy atom. The molecular weight excluding hydrogens is 436 g/mol. The second kappa shape index (κ2) is 7.59. The molecule has 0 N–H and O–H groups in total. The zero-order chi connectivity index (χ0) is 20.8. The molecular formula is C26H25BrN2O. The van der Waals surface area contributed by atoms with Crippen molar-refractivity contribution in [2.45, 2.75) is 45.4 Å². The van der Waals surface area contributed by atoms with Crippen LogP contribution in [0.4, 0.5) is 0 Å². The quantitative estimate of drug-likeness (QED) is 0.415. The van der Waals surface area contributed by atoms with Gasteiger partial charge < -0.3 is 4.74 Å². The Hall–Kier alpha value is -2.59. The van der Waals surface area contributed by atoms with Gasteiger partial charge in [0, 0.05) is 22.0 Å². The van der Waals surface area contributed by atoms with E-state index in [-0.39, 0.29) is 12.3 Å². The maximum Gasteiger partial charge on any atom is 0.213 e. The van der Waals surface area contributed by atoms with E-state index in [0.29, 0.717) is 5.92 Å². The lowest BCUT2D eigenvalue weighted by atomic mass is 9.95. The Morgan fingerprint density at radius 1 is 1.00 bits per heavy atom. The first-order valence-electron chi connectivity index (χ1n) is 10.5. The van der Waals surface area contributed by atoms with Gasteiger partial charge in [-0.15, -0.1) is 0 Å². The molecule has 3 aromatic carbocycles. The Bertz CT molecular complexity index is 1100. The fourth-order valence-corrected chi connectivity index (χ4v) is 4.62. The van der Waals surface area contributed by atoms with Gasteiger partial charge >= 0.3 is 0 Å². The lowest BCUT2D eigenvalue weighted by Crippen LogP contribution is -2.33. The lowest BCUT2D eigenvalue weighted by Gasteiger charge is -2.38. The van der Waals surface area contributed by atoms with Crippen LogP contribution >= 0.6 is 15.9 Å². The van der Waals surface area contributed by atoms with Crippen LogP contribution in [0.1, 0.15) is 66.3 Å². The number of ether oxygens (including phenoxy) is 1. The topological polar surface area (TPSA) is 24.8 Å². The Kier molecular flexibility index (Phi) is 4.90. The average molecular weight is 461 g/mol. The highest BCUT2D eigenvalue weighted by molar-refractivity contribution is 9.10. The predicted molar refractivity (Wildman–Crippen MR) is 125 cm³/mol. The minimum absolute atomic E-state index is 0.164. The standard InChI is InChI=1S/C26H25BrN2O/c1-16(2)18-8-10-20(11-9-18)26-29-24(22-14-21(27)12-13-25(22)30-26)15-23(28-29)19-6-4-17(3)5-7-19/h4-14,16,24,26H,15H2,1-3H3/t24-,26+/m1/s1. The van der Waals surface area contributed by atoms with E-state index in [1.54, 1.807) is 0 Å². The first-order chi connectivity index (χ1) is 14.5. The molecule has 3 aromatic rings. The largest absolute Gasteiger partial charge is 0.464 e. The summed E-state index contributed by atoms with van der Waals surface area (Å²) >= 11 is 3.63. The van der Waals surface area contributed by atoms with Gasteiger partial charge in [0.05, 0.1) is 11.8 Å². The molecule has 0 aliphatic carbocycles. The van der Waals surface area contributed by atoms with Gasteiger partial charge in [0.25, 0.3) is 0 Å². The fraction of sp³-hybridized carbons (Fsp3) is 0.269. The summed E-state index contributed by atoms with van der Waals surface area (Å²) in [6, 6.07) is 23.9. The zero-order valence-corrected chi connectivity index (χ0v) is 19.1. The molecule has 0 saturated heterocycles. The van der Waals surface area contributed by atoms with Gasteiger partial charge in [-0.25, -0.2) is 5.01 Å². The van der Waals surface area contributed by atoms with Gasteiger partial charge in [-0.1, -0.05) is 83.9 Å². The average Bonchev–Trinajstić information content (AvgIpc) is 3.19. The molecule has 152 valence electrons. The molecule has 4 heteroatoms. The van der Waals surface area contributed by atoms with Crippen LogP contribution in [0.2, 0.25) is 0 Å². The van der Waals surface area contributed by atoms with Gasteiger partial charge in [0.2, 0.25) is 6.23 Å². The number of aryl methyl sites for hydroxylation is 1. The first kappa shape index (κ1) is 19.4. The predicted octanol–water partition coefficient (Wildman–Crippen LogP) is 7.12. The maximum atomic E-state index is 6.49. The summed E-state index contributed by atoms with van der Waals surface area (Å²) in [6.45, 7) is 6.55. The van der Waals surface area contributed by atoms with Crippen molar-refractivity contribution in [3.63, 3.8) is 0 Å². The number of hydrazone groups is 1. The highest BCUT2D eigenvalue weighted by atomic mass is 79.9. The van der Waals surface area contributed by atoms with Crippen LogP contribution in [0.3, 0.4) is 0 Å². The minimum Gasteiger partial charge on any atom is -0.464 e. The fourth-order valence-electron chi connectivity index (χ4n) is 4.24. The van der Waals surface area contributed by atoms with Gasteiger partial charge in [0.1, 0.15) is 5.75 Å². The summed E-state index contributed by atoms with van der Waals surface area (Å²) in [7, 11) is 0. The Morgan fingerprint density at radius 3 is 2.43 bits per heavy atom. The van der Waals surface area contributed by atoms with E-state index in [2.05, 4.69) is 102 Å².